The average Bonchev–Trinajstić information content (AvgIpc) is 2.81. The number of ether oxygens (including phenoxy) is 2. The number of phenols is 1. The molecule has 1 aromatic rings. The molecule has 37 heavy (non-hydrogen) atoms. The van der Waals surface area contributed by atoms with E-state index in [1.54, 1.807) is 52.8 Å². The number of nitrogens with one attached hydrogen (secondary N) is 2. The standard InChI is InChI=1S/C26H41N3O7S/c1-7-9-15-29(24(33)19(16-37)28-25(34)36-26(4,5)6)21(18-12-10-11-17(3)22(18)31)23(32)27-14-13-20(30)35-8-2/h10-12,19,21,31,37H,7-9,13-16H2,1-6H3,(H,27,32)(H,28,34). The molecule has 0 heterocycles. The van der Waals surface area contributed by atoms with Gasteiger partial charge in [-0.2, -0.15) is 12.6 Å². The quantitative estimate of drug-likeness (QED) is 0.223. The Balaban J connectivity index is 3.38. The number of esters is 1. The molecule has 0 fully saturated rings. The Morgan fingerprint density at radius 3 is 2.41 bits per heavy atom. The Morgan fingerprint density at radius 1 is 1.16 bits per heavy atom. The van der Waals surface area contributed by atoms with Crippen molar-refractivity contribution in [2.24, 2.45) is 0 Å². The molecular formula is C26H41N3O7S. The Bertz CT molecular complexity index is 933. The predicted molar refractivity (Wildman–Crippen MR) is 143 cm³/mol. The van der Waals surface area contributed by atoms with E-state index in [2.05, 4.69) is 23.3 Å². The molecule has 0 saturated heterocycles. The van der Waals surface area contributed by atoms with Gasteiger partial charge in [-0.25, -0.2) is 4.79 Å². The van der Waals surface area contributed by atoms with Gasteiger partial charge in [0.15, 0.2) is 0 Å². The second kappa shape index (κ2) is 15.3. The van der Waals surface area contributed by atoms with Crippen molar-refractivity contribution in [1.29, 1.82) is 0 Å². The van der Waals surface area contributed by atoms with E-state index in [0.717, 1.165) is 6.42 Å². The lowest BCUT2D eigenvalue weighted by Gasteiger charge is -2.34. The summed E-state index contributed by atoms with van der Waals surface area (Å²) in [7, 11) is 0. The van der Waals surface area contributed by atoms with Gasteiger partial charge in [0.05, 0.1) is 13.0 Å². The van der Waals surface area contributed by atoms with E-state index in [1.807, 2.05) is 6.92 Å². The molecule has 3 amide bonds. The number of hydrogen-bond acceptors (Lipinski definition) is 8. The molecular weight excluding hydrogens is 498 g/mol. The SMILES string of the molecule is CCCCN(C(=O)C(CS)NC(=O)OC(C)(C)C)C(C(=O)NCCC(=O)OCC)c1cccc(C)c1O. The van der Waals surface area contributed by atoms with Crippen molar-refractivity contribution in [3.05, 3.63) is 29.3 Å². The van der Waals surface area contributed by atoms with Crippen LogP contribution in [0.25, 0.3) is 0 Å². The summed E-state index contributed by atoms with van der Waals surface area (Å²) in [6, 6.07) is 2.63. The lowest BCUT2D eigenvalue weighted by atomic mass is 9.99. The van der Waals surface area contributed by atoms with Crippen molar-refractivity contribution in [3.8, 4) is 5.75 Å². The van der Waals surface area contributed by atoms with Gasteiger partial charge in [-0.3, -0.25) is 14.4 Å². The number of hydrogen-bond donors (Lipinski definition) is 4. The van der Waals surface area contributed by atoms with Crippen LogP contribution in [0.1, 0.15) is 71.0 Å². The molecule has 2 atom stereocenters. The molecule has 0 spiro atoms. The molecule has 11 heteroatoms. The van der Waals surface area contributed by atoms with Crippen LogP contribution in [0.5, 0.6) is 5.75 Å². The van der Waals surface area contributed by atoms with E-state index >= 15 is 0 Å². The van der Waals surface area contributed by atoms with Gasteiger partial charge in [0, 0.05) is 24.4 Å². The van der Waals surface area contributed by atoms with Crippen LogP contribution < -0.4 is 10.6 Å². The number of aromatic hydroxyl groups is 1. The van der Waals surface area contributed by atoms with Crippen LogP contribution in [0, 0.1) is 6.92 Å². The van der Waals surface area contributed by atoms with Crippen LogP contribution in [0.2, 0.25) is 0 Å². The largest absolute Gasteiger partial charge is 0.507 e. The van der Waals surface area contributed by atoms with Crippen molar-refractivity contribution in [2.75, 3.05) is 25.4 Å². The van der Waals surface area contributed by atoms with Gasteiger partial charge in [0.2, 0.25) is 11.8 Å². The maximum absolute atomic E-state index is 13.7. The molecule has 2 unspecified atom stereocenters. The highest BCUT2D eigenvalue weighted by Crippen LogP contribution is 2.32. The third-order valence-corrected chi connectivity index (χ3v) is 5.63. The topological polar surface area (TPSA) is 134 Å². The maximum atomic E-state index is 13.7. The van der Waals surface area contributed by atoms with Gasteiger partial charge in [-0.05, 0) is 46.6 Å². The first kappa shape index (κ1) is 32.1. The number of carbonyl (C=O) groups excluding carboxylic acids is 4. The van der Waals surface area contributed by atoms with Crippen LogP contribution in [-0.4, -0.2) is 71.0 Å². The number of aryl methyl sites for hydroxylation is 1. The molecule has 0 aliphatic rings. The zero-order valence-electron chi connectivity index (χ0n) is 22.6. The summed E-state index contributed by atoms with van der Waals surface area (Å²) in [6.45, 7) is 10.8. The minimum absolute atomic E-state index is 0.0112. The summed E-state index contributed by atoms with van der Waals surface area (Å²) < 4.78 is 10.2. The number of unbranched alkanes of at least 4 members (excludes halogenated alkanes) is 1. The van der Waals surface area contributed by atoms with Gasteiger partial charge < -0.3 is 30.1 Å². The van der Waals surface area contributed by atoms with Crippen LogP contribution in [0.3, 0.4) is 0 Å². The predicted octanol–water partition coefficient (Wildman–Crippen LogP) is 3.26. The third-order valence-electron chi connectivity index (χ3n) is 5.26. The first-order valence-electron chi connectivity index (χ1n) is 12.5. The van der Waals surface area contributed by atoms with Crippen molar-refractivity contribution in [3.63, 3.8) is 0 Å². The normalized spacial score (nSPS) is 12.7. The minimum Gasteiger partial charge on any atom is -0.507 e. The highest BCUT2D eigenvalue weighted by atomic mass is 32.1. The Kier molecular flexibility index (Phi) is 13.3. The number of para-hydroxylation sites is 1. The molecule has 0 bridgehead atoms. The van der Waals surface area contributed by atoms with E-state index < -0.39 is 41.6 Å². The van der Waals surface area contributed by atoms with Gasteiger partial charge in [-0.15, -0.1) is 0 Å². The number of phenolic OH excluding ortho intramolecular Hbond substituents is 1. The zero-order valence-corrected chi connectivity index (χ0v) is 23.5. The first-order valence-corrected chi connectivity index (χ1v) is 13.1. The molecule has 208 valence electrons. The Hall–Kier alpha value is -2.95. The number of nitrogens with zero attached hydrogens (tertiary/aromatic N) is 1. The van der Waals surface area contributed by atoms with E-state index in [9.17, 15) is 24.3 Å². The third kappa shape index (κ3) is 10.5. The molecule has 0 aliphatic carbocycles. The second-order valence-corrected chi connectivity index (χ2v) is 9.89. The van der Waals surface area contributed by atoms with Crippen LogP contribution in [-0.2, 0) is 23.9 Å². The smallest absolute Gasteiger partial charge is 0.408 e. The van der Waals surface area contributed by atoms with Crippen molar-refractivity contribution in [1.82, 2.24) is 15.5 Å². The molecule has 3 N–H and O–H groups in total. The van der Waals surface area contributed by atoms with Gasteiger partial charge in [-0.1, -0.05) is 31.5 Å². The van der Waals surface area contributed by atoms with Crippen LogP contribution in [0.15, 0.2) is 18.2 Å². The van der Waals surface area contributed by atoms with Crippen molar-refractivity contribution in [2.45, 2.75) is 78.5 Å². The lowest BCUT2D eigenvalue weighted by molar-refractivity contribution is -0.144. The average molecular weight is 540 g/mol. The fraction of sp³-hybridized carbons (Fsp3) is 0.615. The molecule has 0 aromatic heterocycles. The second-order valence-electron chi connectivity index (χ2n) is 9.53. The summed E-state index contributed by atoms with van der Waals surface area (Å²) in [6.07, 6.45) is 0.459. The Labute approximate surface area is 224 Å². The fourth-order valence-electron chi connectivity index (χ4n) is 3.50. The number of carbonyl (C=O) groups is 4. The highest BCUT2D eigenvalue weighted by Gasteiger charge is 2.37. The molecule has 0 radical (unpaired) electrons. The van der Waals surface area contributed by atoms with Crippen LogP contribution in [0.4, 0.5) is 4.79 Å². The van der Waals surface area contributed by atoms with E-state index in [0.29, 0.717) is 12.0 Å². The van der Waals surface area contributed by atoms with Crippen LogP contribution >= 0.6 is 12.6 Å². The number of amides is 3. The number of benzene rings is 1. The lowest BCUT2D eigenvalue weighted by Crippen LogP contribution is -2.54. The molecule has 1 aromatic carbocycles. The number of alkyl carbamates (subject to hydrolysis) is 1. The molecule has 0 aliphatic heterocycles. The minimum atomic E-state index is -1.22. The van der Waals surface area contributed by atoms with E-state index in [4.69, 9.17) is 9.47 Å². The maximum Gasteiger partial charge on any atom is 0.408 e. The molecule has 0 saturated carbocycles. The Morgan fingerprint density at radius 2 is 1.84 bits per heavy atom. The van der Waals surface area contributed by atoms with Crippen molar-refractivity contribution >= 4 is 36.5 Å². The fourth-order valence-corrected chi connectivity index (χ4v) is 3.75. The monoisotopic (exact) mass is 539 g/mol. The van der Waals surface area contributed by atoms with Gasteiger partial charge in [0.25, 0.3) is 0 Å². The molecule has 1 rings (SSSR count). The van der Waals surface area contributed by atoms with Gasteiger partial charge >= 0.3 is 12.1 Å². The summed E-state index contributed by atoms with van der Waals surface area (Å²) in [5.74, 6) is -1.76. The number of rotatable bonds is 13. The number of thiol groups is 1. The zero-order chi connectivity index (χ0) is 28.2. The van der Waals surface area contributed by atoms with Gasteiger partial charge in [0.1, 0.15) is 23.4 Å². The van der Waals surface area contributed by atoms with E-state index in [1.165, 1.54) is 4.90 Å². The summed E-state index contributed by atoms with van der Waals surface area (Å²) >= 11 is 4.25. The summed E-state index contributed by atoms with van der Waals surface area (Å²) in [5, 5.41) is 16.0. The first-order chi connectivity index (χ1) is 17.4. The molecule has 10 nitrogen and oxygen atoms in total. The highest BCUT2D eigenvalue weighted by molar-refractivity contribution is 7.80. The summed E-state index contributed by atoms with van der Waals surface area (Å²) in [4.78, 5) is 52.7. The summed E-state index contributed by atoms with van der Waals surface area (Å²) in [5.41, 5.74) is -0.0131. The van der Waals surface area contributed by atoms with Crippen molar-refractivity contribution < 1.29 is 33.8 Å². The van der Waals surface area contributed by atoms with E-state index in [-0.39, 0.29) is 43.2 Å².